The van der Waals surface area contributed by atoms with E-state index in [0.29, 0.717) is 5.54 Å². The minimum atomic E-state index is 0.312. The van der Waals surface area contributed by atoms with Gasteiger partial charge < -0.3 is 11.1 Å². The molecule has 1 rings (SSSR count). The maximum absolute atomic E-state index is 5.57. The van der Waals surface area contributed by atoms with Gasteiger partial charge >= 0.3 is 0 Å². The number of nitrogens with two attached hydrogens (primary N) is 1. The SMILES string of the molecule is CNC(C)(CCN)C1CCC1. The van der Waals surface area contributed by atoms with Crippen LogP contribution in [0.4, 0.5) is 0 Å². The first-order valence-corrected chi connectivity index (χ1v) is 4.62. The van der Waals surface area contributed by atoms with E-state index >= 15 is 0 Å². The highest BCUT2D eigenvalue weighted by Gasteiger charge is 2.35. The lowest BCUT2D eigenvalue weighted by Crippen LogP contribution is -2.50. The lowest BCUT2D eigenvalue weighted by molar-refractivity contribution is 0.143. The molecule has 0 spiro atoms. The van der Waals surface area contributed by atoms with Crippen LogP contribution in [-0.4, -0.2) is 19.1 Å². The second-order valence-electron chi connectivity index (χ2n) is 3.83. The molecule has 0 amide bonds. The second kappa shape index (κ2) is 3.55. The van der Waals surface area contributed by atoms with Crippen molar-refractivity contribution in [2.45, 2.75) is 38.1 Å². The molecule has 1 fully saturated rings. The summed E-state index contributed by atoms with van der Waals surface area (Å²) in [5.41, 5.74) is 5.88. The smallest absolute Gasteiger partial charge is 0.0190 e. The summed E-state index contributed by atoms with van der Waals surface area (Å²) in [7, 11) is 2.05. The molecule has 2 heteroatoms. The fraction of sp³-hybridized carbons (Fsp3) is 1.00. The highest BCUT2D eigenvalue weighted by molar-refractivity contribution is 4.93. The molecule has 0 heterocycles. The Kier molecular flexibility index (Phi) is 2.90. The monoisotopic (exact) mass is 156 g/mol. The summed E-state index contributed by atoms with van der Waals surface area (Å²) in [6, 6.07) is 0. The van der Waals surface area contributed by atoms with E-state index in [1.54, 1.807) is 0 Å². The second-order valence-corrected chi connectivity index (χ2v) is 3.83. The largest absolute Gasteiger partial charge is 0.330 e. The predicted octanol–water partition coefficient (Wildman–Crippen LogP) is 1.11. The van der Waals surface area contributed by atoms with Crippen LogP contribution in [0, 0.1) is 5.92 Å². The van der Waals surface area contributed by atoms with Crippen molar-refractivity contribution in [2.24, 2.45) is 11.7 Å². The van der Waals surface area contributed by atoms with Crippen LogP contribution in [0.15, 0.2) is 0 Å². The molecule has 1 aliphatic rings. The van der Waals surface area contributed by atoms with E-state index in [9.17, 15) is 0 Å². The average Bonchev–Trinajstić information content (AvgIpc) is 1.84. The van der Waals surface area contributed by atoms with Gasteiger partial charge in [0, 0.05) is 5.54 Å². The van der Waals surface area contributed by atoms with E-state index in [1.807, 2.05) is 7.05 Å². The van der Waals surface area contributed by atoms with Crippen molar-refractivity contribution < 1.29 is 0 Å². The van der Waals surface area contributed by atoms with Crippen molar-refractivity contribution in [3.63, 3.8) is 0 Å². The summed E-state index contributed by atoms with van der Waals surface area (Å²) in [6.45, 7) is 3.09. The van der Waals surface area contributed by atoms with Crippen molar-refractivity contribution in [3.8, 4) is 0 Å². The van der Waals surface area contributed by atoms with Gasteiger partial charge in [0.2, 0.25) is 0 Å². The van der Waals surface area contributed by atoms with Gasteiger partial charge in [0.25, 0.3) is 0 Å². The quantitative estimate of drug-likeness (QED) is 0.640. The lowest BCUT2D eigenvalue weighted by Gasteiger charge is -2.43. The van der Waals surface area contributed by atoms with Crippen molar-refractivity contribution in [1.29, 1.82) is 0 Å². The molecule has 0 saturated heterocycles. The summed E-state index contributed by atoms with van der Waals surface area (Å²) >= 11 is 0. The van der Waals surface area contributed by atoms with Gasteiger partial charge in [-0.15, -0.1) is 0 Å². The molecule has 3 N–H and O–H groups in total. The number of nitrogens with one attached hydrogen (secondary N) is 1. The molecular weight excluding hydrogens is 136 g/mol. The van der Waals surface area contributed by atoms with E-state index in [0.717, 1.165) is 18.9 Å². The van der Waals surface area contributed by atoms with Crippen LogP contribution >= 0.6 is 0 Å². The summed E-state index contributed by atoms with van der Waals surface area (Å²) in [5, 5.41) is 3.40. The van der Waals surface area contributed by atoms with Gasteiger partial charge in [0.05, 0.1) is 0 Å². The molecule has 0 aromatic heterocycles. The first-order chi connectivity index (χ1) is 5.23. The van der Waals surface area contributed by atoms with Gasteiger partial charge in [-0.2, -0.15) is 0 Å². The van der Waals surface area contributed by atoms with E-state index in [2.05, 4.69) is 12.2 Å². The van der Waals surface area contributed by atoms with Crippen molar-refractivity contribution in [2.75, 3.05) is 13.6 Å². The molecule has 66 valence electrons. The van der Waals surface area contributed by atoms with Gasteiger partial charge in [-0.25, -0.2) is 0 Å². The minimum Gasteiger partial charge on any atom is -0.330 e. The van der Waals surface area contributed by atoms with Crippen LogP contribution in [0.5, 0.6) is 0 Å². The highest BCUT2D eigenvalue weighted by Crippen LogP contribution is 2.37. The van der Waals surface area contributed by atoms with Gasteiger partial charge in [-0.05, 0) is 45.7 Å². The fourth-order valence-corrected chi connectivity index (χ4v) is 1.88. The van der Waals surface area contributed by atoms with Gasteiger partial charge in [-0.3, -0.25) is 0 Å². The van der Waals surface area contributed by atoms with E-state index < -0.39 is 0 Å². The van der Waals surface area contributed by atoms with Gasteiger partial charge in [0.15, 0.2) is 0 Å². The molecule has 1 aliphatic carbocycles. The van der Waals surface area contributed by atoms with Crippen LogP contribution in [0.25, 0.3) is 0 Å². The molecule has 0 aromatic rings. The van der Waals surface area contributed by atoms with Crippen LogP contribution in [-0.2, 0) is 0 Å². The van der Waals surface area contributed by atoms with Crippen molar-refractivity contribution in [1.82, 2.24) is 5.32 Å². The zero-order chi connectivity index (χ0) is 8.32. The summed E-state index contributed by atoms with van der Waals surface area (Å²) in [6.07, 6.45) is 5.29. The fourth-order valence-electron chi connectivity index (χ4n) is 1.88. The molecule has 11 heavy (non-hydrogen) atoms. The Morgan fingerprint density at radius 2 is 2.18 bits per heavy atom. The summed E-state index contributed by atoms with van der Waals surface area (Å²) < 4.78 is 0. The Morgan fingerprint density at radius 3 is 2.45 bits per heavy atom. The molecule has 1 unspecified atom stereocenters. The van der Waals surface area contributed by atoms with Crippen LogP contribution in [0.2, 0.25) is 0 Å². The van der Waals surface area contributed by atoms with E-state index in [-0.39, 0.29) is 0 Å². The Hall–Kier alpha value is -0.0800. The average molecular weight is 156 g/mol. The Bertz CT molecular complexity index is 121. The van der Waals surface area contributed by atoms with Crippen LogP contribution in [0.3, 0.4) is 0 Å². The highest BCUT2D eigenvalue weighted by atomic mass is 14.9. The number of hydrogen-bond acceptors (Lipinski definition) is 2. The topological polar surface area (TPSA) is 38.0 Å². The third kappa shape index (κ3) is 1.74. The third-order valence-electron chi connectivity index (χ3n) is 3.24. The molecule has 0 aromatic carbocycles. The molecular formula is C9H20N2. The lowest BCUT2D eigenvalue weighted by atomic mass is 9.70. The maximum atomic E-state index is 5.57. The predicted molar refractivity (Wildman–Crippen MR) is 48.5 cm³/mol. The van der Waals surface area contributed by atoms with E-state index in [1.165, 1.54) is 19.3 Å². The minimum absolute atomic E-state index is 0.312. The molecule has 1 atom stereocenters. The maximum Gasteiger partial charge on any atom is 0.0190 e. The normalized spacial score (nSPS) is 24.3. The first kappa shape index (κ1) is 9.01. The molecule has 1 saturated carbocycles. The number of rotatable bonds is 4. The molecule has 0 aliphatic heterocycles. The van der Waals surface area contributed by atoms with Gasteiger partial charge in [-0.1, -0.05) is 6.42 Å². The Morgan fingerprint density at radius 1 is 1.55 bits per heavy atom. The van der Waals surface area contributed by atoms with Crippen LogP contribution in [0.1, 0.15) is 32.6 Å². The molecule has 0 bridgehead atoms. The Labute approximate surface area is 69.5 Å². The third-order valence-corrected chi connectivity index (χ3v) is 3.24. The number of hydrogen-bond donors (Lipinski definition) is 2. The van der Waals surface area contributed by atoms with Gasteiger partial charge in [0.1, 0.15) is 0 Å². The summed E-state index contributed by atoms with van der Waals surface area (Å²) in [4.78, 5) is 0. The zero-order valence-electron chi connectivity index (χ0n) is 7.69. The standard InChI is InChI=1S/C9H20N2/c1-9(11-2,6-7-10)8-4-3-5-8/h8,11H,3-7,10H2,1-2H3. The zero-order valence-corrected chi connectivity index (χ0v) is 7.69. The Balaban J connectivity index is 2.43. The first-order valence-electron chi connectivity index (χ1n) is 4.62. The van der Waals surface area contributed by atoms with Crippen LogP contribution < -0.4 is 11.1 Å². The molecule has 0 radical (unpaired) electrons. The molecule has 2 nitrogen and oxygen atoms in total. The van der Waals surface area contributed by atoms with E-state index in [4.69, 9.17) is 5.73 Å². The van der Waals surface area contributed by atoms with Crippen molar-refractivity contribution in [3.05, 3.63) is 0 Å². The summed E-state index contributed by atoms with van der Waals surface area (Å²) in [5.74, 6) is 0.871. The van der Waals surface area contributed by atoms with Crippen molar-refractivity contribution >= 4 is 0 Å².